The number of halogens is 2. The minimum atomic E-state index is -3.96. The zero-order chi connectivity index (χ0) is 15.6. The number of benzene rings is 1. The second-order valence-electron chi connectivity index (χ2n) is 3.86. The van der Waals surface area contributed by atoms with E-state index in [2.05, 4.69) is 25.6 Å². The number of anilines is 1. The number of pyridine rings is 1. The van der Waals surface area contributed by atoms with Crippen LogP contribution in [0.2, 0.25) is 5.15 Å². The second-order valence-corrected chi connectivity index (χ2v) is 6.75. The van der Waals surface area contributed by atoms with Crippen LogP contribution >= 0.6 is 27.5 Å². The van der Waals surface area contributed by atoms with Gasteiger partial charge in [0.15, 0.2) is 0 Å². The van der Waals surface area contributed by atoms with Crippen molar-refractivity contribution < 1.29 is 13.3 Å². The van der Waals surface area contributed by atoms with Crippen LogP contribution in [-0.4, -0.2) is 18.3 Å². The Morgan fingerprint density at radius 2 is 2.05 bits per heavy atom. The average molecular weight is 393 g/mol. The van der Waals surface area contributed by atoms with Crippen molar-refractivity contribution in [2.24, 2.45) is 0 Å². The van der Waals surface area contributed by atoms with E-state index in [9.17, 15) is 18.5 Å². The van der Waals surface area contributed by atoms with Crippen molar-refractivity contribution in [2.75, 3.05) is 4.72 Å². The largest absolute Gasteiger partial charge is 0.278 e. The molecule has 0 aliphatic rings. The molecule has 0 fully saturated rings. The number of non-ortho nitro benzene ring substituents is 1. The summed E-state index contributed by atoms with van der Waals surface area (Å²) in [5.41, 5.74) is -0.133. The Morgan fingerprint density at radius 1 is 1.33 bits per heavy atom. The van der Waals surface area contributed by atoms with Gasteiger partial charge in [-0.2, -0.15) is 0 Å². The lowest BCUT2D eigenvalue weighted by Crippen LogP contribution is -2.13. The first-order chi connectivity index (χ1) is 9.79. The summed E-state index contributed by atoms with van der Waals surface area (Å²) in [4.78, 5) is 13.6. The van der Waals surface area contributed by atoms with E-state index in [1.165, 1.54) is 30.5 Å². The Labute approximate surface area is 133 Å². The SMILES string of the molecule is O=[N+]([O-])c1cccc(S(=O)(=O)Nc2cnc(Cl)c(Br)c2)c1. The number of nitrogens with zero attached hydrogens (tertiary/aromatic N) is 2. The van der Waals surface area contributed by atoms with E-state index in [0.717, 1.165) is 6.07 Å². The van der Waals surface area contributed by atoms with Crippen molar-refractivity contribution in [3.05, 3.63) is 56.3 Å². The van der Waals surface area contributed by atoms with Gasteiger partial charge in [-0.1, -0.05) is 17.7 Å². The molecule has 1 N–H and O–H groups in total. The molecule has 1 aromatic heterocycles. The molecular weight excluding hydrogens is 386 g/mol. The summed E-state index contributed by atoms with van der Waals surface area (Å²) in [6.07, 6.45) is 1.24. The maximum atomic E-state index is 12.2. The summed E-state index contributed by atoms with van der Waals surface area (Å²) < 4.78 is 27.0. The zero-order valence-electron chi connectivity index (χ0n) is 10.2. The summed E-state index contributed by atoms with van der Waals surface area (Å²) in [7, 11) is -3.96. The van der Waals surface area contributed by atoms with Crippen molar-refractivity contribution >= 4 is 48.9 Å². The highest BCUT2D eigenvalue weighted by molar-refractivity contribution is 9.10. The maximum Gasteiger partial charge on any atom is 0.270 e. The summed E-state index contributed by atoms with van der Waals surface area (Å²) >= 11 is 8.84. The maximum absolute atomic E-state index is 12.2. The van der Waals surface area contributed by atoms with Gasteiger partial charge in [0.05, 0.1) is 26.2 Å². The summed E-state index contributed by atoms with van der Waals surface area (Å²) in [5, 5.41) is 10.9. The van der Waals surface area contributed by atoms with Crippen LogP contribution in [0.5, 0.6) is 0 Å². The van der Waals surface area contributed by atoms with Gasteiger partial charge in [0.2, 0.25) is 0 Å². The molecule has 21 heavy (non-hydrogen) atoms. The highest BCUT2D eigenvalue weighted by Gasteiger charge is 2.18. The number of aromatic nitrogens is 1. The molecular formula is C11H7BrClN3O4S. The van der Waals surface area contributed by atoms with Crippen molar-refractivity contribution in [2.45, 2.75) is 4.90 Å². The van der Waals surface area contributed by atoms with Crippen molar-refractivity contribution in [3.8, 4) is 0 Å². The summed E-state index contributed by atoms with van der Waals surface area (Å²) in [5.74, 6) is 0. The lowest BCUT2D eigenvalue weighted by atomic mass is 10.3. The molecule has 2 rings (SSSR count). The molecule has 0 aliphatic heterocycles. The predicted molar refractivity (Wildman–Crippen MR) is 80.9 cm³/mol. The fraction of sp³-hybridized carbons (Fsp3) is 0. The Balaban J connectivity index is 2.36. The quantitative estimate of drug-likeness (QED) is 0.489. The van der Waals surface area contributed by atoms with Crippen LogP contribution in [0.3, 0.4) is 0 Å². The second kappa shape index (κ2) is 5.96. The Kier molecular flexibility index (Phi) is 4.45. The highest BCUT2D eigenvalue weighted by Crippen LogP contribution is 2.25. The monoisotopic (exact) mass is 391 g/mol. The Bertz CT molecular complexity index is 813. The normalized spacial score (nSPS) is 11.1. The van der Waals surface area contributed by atoms with E-state index >= 15 is 0 Å². The molecule has 2 aromatic rings. The van der Waals surface area contributed by atoms with E-state index in [-0.39, 0.29) is 21.4 Å². The number of rotatable bonds is 4. The molecule has 7 nitrogen and oxygen atoms in total. The number of nitrogens with one attached hydrogen (secondary N) is 1. The van der Waals surface area contributed by atoms with Crippen LogP contribution in [0.25, 0.3) is 0 Å². The molecule has 1 aromatic carbocycles. The summed E-state index contributed by atoms with van der Waals surface area (Å²) in [6, 6.07) is 6.17. The Morgan fingerprint density at radius 3 is 2.67 bits per heavy atom. The molecule has 0 aliphatic carbocycles. The standard InChI is InChI=1S/C11H7BrClN3O4S/c12-10-4-7(6-14-11(10)13)15-21(19,20)9-3-1-2-8(5-9)16(17)18/h1-6,15H. The first kappa shape index (κ1) is 15.7. The molecule has 0 bridgehead atoms. The van der Waals surface area contributed by atoms with E-state index in [4.69, 9.17) is 11.6 Å². The highest BCUT2D eigenvalue weighted by atomic mass is 79.9. The van der Waals surface area contributed by atoms with Crippen LogP contribution in [0.1, 0.15) is 0 Å². The lowest BCUT2D eigenvalue weighted by Gasteiger charge is -2.08. The average Bonchev–Trinajstić information content (AvgIpc) is 2.43. The Hall–Kier alpha value is -1.71. The van der Waals surface area contributed by atoms with Gasteiger partial charge in [-0.3, -0.25) is 14.8 Å². The van der Waals surface area contributed by atoms with Gasteiger partial charge in [0, 0.05) is 12.1 Å². The first-order valence-electron chi connectivity index (χ1n) is 5.38. The first-order valence-corrected chi connectivity index (χ1v) is 8.03. The minimum Gasteiger partial charge on any atom is -0.278 e. The minimum absolute atomic E-state index is 0.179. The third kappa shape index (κ3) is 3.69. The molecule has 0 unspecified atom stereocenters. The van der Waals surface area contributed by atoms with Crippen molar-refractivity contribution in [3.63, 3.8) is 0 Å². The van der Waals surface area contributed by atoms with Crippen molar-refractivity contribution in [1.29, 1.82) is 0 Å². The molecule has 110 valence electrons. The van der Waals surface area contributed by atoms with Gasteiger partial charge in [-0.05, 0) is 28.1 Å². The van der Waals surface area contributed by atoms with Crippen LogP contribution in [0, 0.1) is 10.1 Å². The third-order valence-electron chi connectivity index (χ3n) is 2.39. The number of sulfonamides is 1. The van der Waals surface area contributed by atoms with Gasteiger partial charge < -0.3 is 0 Å². The lowest BCUT2D eigenvalue weighted by molar-refractivity contribution is -0.385. The molecule has 10 heteroatoms. The molecule has 0 saturated heterocycles. The molecule has 1 heterocycles. The van der Waals surface area contributed by atoms with Crippen LogP contribution in [-0.2, 0) is 10.0 Å². The number of hydrogen-bond acceptors (Lipinski definition) is 5. The van der Waals surface area contributed by atoms with Crippen molar-refractivity contribution in [1.82, 2.24) is 4.98 Å². The number of hydrogen-bond donors (Lipinski definition) is 1. The van der Waals surface area contributed by atoms with Gasteiger partial charge in [0.1, 0.15) is 5.15 Å². The van der Waals surface area contributed by atoms with Crippen LogP contribution < -0.4 is 4.72 Å². The topological polar surface area (TPSA) is 102 Å². The van der Waals surface area contributed by atoms with Gasteiger partial charge in [0.25, 0.3) is 15.7 Å². The summed E-state index contributed by atoms with van der Waals surface area (Å²) in [6.45, 7) is 0. The fourth-order valence-corrected chi connectivity index (χ4v) is 2.98. The molecule has 0 radical (unpaired) electrons. The van der Waals surface area contributed by atoms with E-state index < -0.39 is 14.9 Å². The van der Waals surface area contributed by atoms with Crippen LogP contribution in [0.15, 0.2) is 45.9 Å². The van der Waals surface area contributed by atoms with Crippen LogP contribution in [0.4, 0.5) is 11.4 Å². The zero-order valence-corrected chi connectivity index (χ0v) is 13.3. The number of nitro benzene ring substituents is 1. The van der Waals surface area contributed by atoms with E-state index in [1.807, 2.05) is 0 Å². The van der Waals surface area contributed by atoms with E-state index in [0.29, 0.717) is 4.47 Å². The predicted octanol–water partition coefficient (Wildman–Crippen LogP) is 3.21. The molecule has 0 amide bonds. The van der Waals surface area contributed by atoms with Gasteiger partial charge in [-0.25, -0.2) is 13.4 Å². The smallest absolute Gasteiger partial charge is 0.270 e. The van der Waals surface area contributed by atoms with Gasteiger partial charge >= 0.3 is 0 Å². The molecule has 0 atom stereocenters. The molecule has 0 saturated carbocycles. The molecule has 0 spiro atoms. The fourth-order valence-electron chi connectivity index (χ4n) is 1.46. The van der Waals surface area contributed by atoms with E-state index in [1.54, 1.807) is 0 Å². The number of nitro groups is 1. The third-order valence-corrected chi connectivity index (χ3v) is 4.90. The van der Waals surface area contributed by atoms with Gasteiger partial charge in [-0.15, -0.1) is 0 Å².